The molecule has 0 saturated heterocycles. The van der Waals surface area contributed by atoms with Gasteiger partial charge in [0.25, 0.3) is 0 Å². The summed E-state index contributed by atoms with van der Waals surface area (Å²) in [6, 6.07) is 1.95. The van der Waals surface area contributed by atoms with Gasteiger partial charge in [0.05, 0.1) is 5.56 Å². The van der Waals surface area contributed by atoms with Crippen molar-refractivity contribution in [1.82, 2.24) is 4.98 Å². The molecule has 1 aromatic rings. The zero-order chi connectivity index (χ0) is 23.9. The molecule has 0 bridgehead atoms. The summed E-state index contributed by atoms with van der Waals surface area (Å²) in [6.45, 7) is 9.14. The van der Waals surface area contributed by atoms with Crippen LogP contribution in [-0.2, 0) is 6.18 Å². The normalized spacial score (nSPS) is 17.7. The lowest BCUT2D eigenvalue weighted by atomic mass is 9.78. The Kier molecular flexibility index (Phi) is 8.80. The summed E-state index contributed by atoms with van der Waals surface area (Å²) in [5.41, 5.74) is 5.82. The van der Waals surface area contributed by atoms with Crippen molar-refractivity contribution in [3.05, 3.63) is 71.2 Å². The lowest BCUT2D eigenvalue weighted by molar-refractivity contribution is -0.137. The third-order valence-electron chi connectivity index (χ3n) is 5.33. The Morgan fingerprint density at radius 1 is 1.38 bits per heavy atom. The molecule has 1 heterocycles. The number of aromatic nitrogens is 1. The standard InChI is InChI=1S/C24H29F4N3O/c1-5-8-19(17-9-7-10-17)23(22(25)16(4)15(3)13-30-20(29)6-2)32-21-12-11-18(14-31-21)24(26,27)28/h6,8,11-14,16-17H,3,5,7,9-10,29H2,1-2,4H3/b19-8+,20-6-,23-22-,30-13-. The van der Waals surface area contributed by atoms with Crippen LogP contribution >= 0.6 is 0 Å². The van der Waals surface area contributed by atoms with Crippen molar-refractivity contribution in [2.75, 3.05) is 0 Å². The average Bonchev–Trinajstić information content (AvgIpc) is 2.72. The van der Waals surface area contributed by atoms with Crippen molar-refractivity contribution in [3.8, 4) is 5.88 Å². The van der Waals surface area contributed by atoms with Crippen LogP contribution in [0.15, 0.2) is 70.6 Å². The van der Waals surface area contributed by atoms with Crippen molar-refractivity contribution in [2.24, 2.45) is 22.6 Å². The molecule has 32 heavy (non-hydrogen) atoms. The Bertz CT molecular complexity index is 924. The lowest BCUT2D eigenvalue weighted by Crippen LogP contribution is -2.20. The molecule has 1 fully saturated rings. The molecule has 0 radical (unpaired) electrons. The first-order chi connectivity index (χ1) is 15.1. The summed E-state index contributed by atoms with van der Waals surface area (Å²) in [7, 11) is 0. The third-order valence-corrected chi connectivity index (χ3v) is 5.33. The van der Waals surface area contributed by atoms with Crippen LogP contribution < -0.4 is 10.5 Å². The minimum absolute atomic E-state index is 0.0233. The van der Waals surface area contributed by atoms with E-state index in [1.54, 1.807) is 19.9 Å². The number of aliphatic imine (C=N–C) groups is 1. The van der Waals surface area contributed by atoms with Gasteiger partial charge < -0.3 is 10.5 Å². The molecule has 2 rings (SSSR count). The highest BCUT2D eigenvalue weighted by molar-refractivity contribution is 5.79. The van der Waals surface area contributed by atoms with Crippen LogP contribution in [-0.4, -0.2) is 11.2 Å². The van der Waals surface area contributed by atoms with E-state index < -0.39 is 23.5 Å². The van der Waals surface area contributed by atoms with E-state index >= 15 is 4.39 Å². The molecule has 174 valence electrons. The van der Waals surface area contributed by atoms with E-state index in [9.17, 15) is 13.2 Å². The molecule has 0 amide bonds. The maximum absolute atomic E-state index is 15.7. The highest BCUT2D eigenvalue weighted by Crippen LogP contribution is 2.40. The van der Waals surface area contributed by atoms with E-state index in [2.05, 4.69) is 16.6 Å². The van der Waals surface area contributed by atoms with E-state index in [0.29, 0.717) is 23.8 Å². The first-order valence-electron chi connectivity index (χ1n) is 10.5. The molecule has 1 aromatic heterocycles. The maximum Gasteiger partial charge on any atom is 0.417 e. The predicted molar refractivity (Wildman–Crippen MR) is 118 cm³/mol. The van der Waals surface area contributed by atoms with E-state index in [-0.39, 0.29) is 23.4 Å². The highest BCUT2D eigenvalue weighted by atomic mass is 19.4. The van der Waals surface area contributed by atoms with Gasteiger partial charge in [0.15, 0.2) is 5.76 Å². The van der Waals surface area contributed by atoms with E-state index in [1.165, 1.54) is 6.21 Å². The molecular weight excluding hydrogens is 422 g/mol. The van der Waals surface area contributed by atoms with Gasteiger partial charge in [-0.05, 0) is 55.4 Å². The number of hydrogen-bond donors (Lipinski definition) is 1. The quantitative estimate of drug-likeness (QED) is 0.193. The number of alkyl halides is 3. The highest BCUT2D eigenvalue weighted by Gasteiger charge is 2.32. The molecular formula is C24H29F4N3O. The summed E-state index contributed by atoms with van der Waals surface area (Å²) in [6.07, 6.45) is 4.50. The zero-order valence-corrected chi connectivity index (χ0v) is 18.5. The van der Waals surface area contributed by atoms with Gasteiger partial charge in [0.1, 0.15) is 11.6 Å². The van der Waals surface area contributed by atoms with Gasteiger partial charge in [0, 0.05) is 24.4 Å². The topological polar surface area (TPSA) is 60.5 Å². The lowest BCUT2D eigenvalue weighted by Gasteiger charge is -2.30. The Morgan fingerprint density at radius 3 is 2.53 bits per heavy atom. The maximum atomic E-state index is 15.7. The molecule has 1 unspecified atom stereocenters. The largest absolute Gasteiger partial charge is 0.436 e. The average molecular weight is 452 g/mol. The SMILES string of the molecule is C=C(/C=N\C(N)=C/C)C(C)/C(F)=C(Oc1ccc(C(F)(F)F)cn1)\C(=C\CC)C1CCC1. The first-order valence-corrected chi connectivity index (χ1v) is 10.5. The Balaban J connectivity index is 2.44. The molecule has 0 aromatic carbocycles. The fraction of sp³-hybridized carbons (Fsp3) is 0.417. The molecule has 1 aliphatic carbocycles. The van der Waals surface area contributed by atoms with Crippen molar-refractivity contribution < 1.29 is 22.3 Å². The van der Waals surface area contributed by atoms with Crippen molar-refractivity contribution in [1.29, 1.82) is 0 Å². The molecule has 8 heteroatoms. The summed E-state index contributed by atoms with van der Waals surface area (Å²) in [4.78, 5) is 7.76. The van der Waals surface area contributed by atoms with Crippen LogP contribution in [0.1, 0.15) is 52.0 Å². The molecule has 0 spiro atoms. The van der Waals surface area contributed by atoms with E-state index in [0.717, 1.165) is 31.4 Å². The minimum Gasteiger partial charge on any atom is -0.436 e. The zero-order valence-electron chi connectivity index (χ0n) is 18.5. The van der Waals surface area contributed by atoms with Gasteiger partial charge in [-0.3, -0.25) is 0 Å². The van der Waals surface area contributed by atoms with Gasteiger partial charge >= 0.3 is 6.18 Å². The van der Waals surface area contributed by atoms with Crippen LogP contribution in [0.25, 0.3) is 0 Å². The smallest absolute Gasteiger partial charge is 0.417 e. The summed E-state index contributed by atoms with van der Waals surface area (Å²) >= 11 is 0. The Hall–Kier alpha value is -2.90. The Labute approximate surface area is 186 Å². The fourth-order valence-corrected chi connectivity index (χ4v) is 3.05. The van der Waals surface area contributed by atoms with Gasteiger partial charge in [-0.1, -0.05) is 32.9 Å². The number of allylic oxidation sites excluding steroid dienone is 5. The molecule has 1 aliphatic rings. The van der Waals surface area contributed by atoms with Crippen LogP contribution in [0, 0.1) is 11.8 Å². The molecule has 0 aliphatic heterocycles. The van der Waals surface area contributed by atoms with Crippen molar-refractivity contribution in [2.45, 2.75) is 52.6 Å². The molecule has 4 nitrogen and oxygen atoms in total. The monoisotopic (exact) mass is 451 g/mol. The number of ether oxygens (including phenoxy) is 1. The first kappa shape index (κ1) is 25.4. The summed E-state index contributed by atoms with van der Waals surface area (Å²) in [5, 5.41) is 0. The van der Waals surface area contributed by atoms with Crippen LogP contribution in [0.3, 0.4) is 0 Å². The third kappa shape index (κ3) is 6.55. The number of hydrogen-bond acceptors (Lipinski definition) is 4. The number of nitrogens with two attached hydrogens (primary N) is 1. The molecule has 1 saturated carbocycles. The summed E-state index contributed by atoms with van der Waals surface area (Å²) in [5.74, 6) is -1.12. The second kappa shape index (κ2) is 11.1. The molecule has 2 N–H and O–H groups in total. The summed E-state index contributed by atoms with van der Waals surface area (Å²) < 4.78 is 60.0. The van der Waals surface area contributed by atoms with Crippen LogP contribution in [0.4, 0.5) is 17.6 Å². The fourth-order valence-electron chi connectivity index (χ4n) is 3.05. The Morgan fingerprint density at radius 2 is 2.06 bits per heavy atom. The van der Waals surface area contributed by atoms with Gasteiger partial charge in [-0.15, -0.1) is 0 Å². The number of nitrogens with zero attached hydrogens (tertiary/aromatic N) is 2. The van der Waals surface area contributed by atoms with Crippen LogP contribution in [0.5, 0.6) is 5.88 Å². The second-order valence-corrected chi connectivity index (χ2v) is 7.63. The number of halogens is 4. The van der Waals surface area contributed by atoms with Crippen molar-refractivity contribution in [3.63, 3.8) is 0 Å². The molecule has 1 atom stereocenters. The number of rotatable bonds is 9. The van der Waals surface area contributed by atoms with Gasteiger partial charge in [0.2, 0.25) is 5.88 Å². The number of pyridine rings is 1. The van der Waals surface area contributed by atoms with E-state index in [4.69, 9.17) is 10.5 Å². The minimum atomic E-state index is -4.52. The predicted octanol–water partition coefficient (Wildman–Crippen LogP) is 6.88. The van der Waals surface area contributed by atoms with E-state index in [1.807, 2.05) is 13.0 Å². The van der Waals surface area contributed by atoms with Gasteiger partial charge in [-0.2, -0.15) is 13.2 Å². The second-order valence-electron chi connectivity index (χ2n) is 7.63. The van der Waals surface area contributed by atoms with Crippen molar-refractivity contribution >= 4 is 6.21 Å². The van der Waals surface area contributed by atoms with Crippen LogP contribution in [0.2, 0.25) is 0 Å². The van der Waals surface area contributed by atoms with Gasteiger partial charge in [-0.25, -0.2) is 14.4 Å².